The summed E-state index contributed by atoms with van der Waals surface area (Å²) in [4.78, 5) is 24.1. The topological polar surface area (TPSA) is 52.6 Å². The van der Waals surface area contributed by atoms with Crippen LogP contribution >= 0.6 is 0 Å². The molecule has 0 rings (SSSR count). The first kappa shape index (κ1) is 32.3. The van der Waals surface area contributed by atoms with Crippen LogP contribution in [0.15, 0.2) is 0 Å². The SMILES string of the molecule is CCC(C)(C)CC(C(=O)OCCC(=O)OCCC(F)(F)C(F)(F)C(F)(F)C(F)(F)F)C(C)(C)C. The van der Waals surface area contributed by atoms with Crippen molar-refractivity contribution in [3.63, 3.8) is 0 Å². The number of rotatable bonds is 12. The minimum Gasteiger partial charge on any atom is -0.465 e. The van der Waals surface area contributed by atoms with E-state index in [4.69, 9.17) is 4.74 Å². The van der Waals surface area contributed by atoms with Crippen LogP contribution in [0.4, 0.5) is 39.5 Å². The van der Waals surface area contributed by atoms with Crippen molar-refractivity contribution in [2.24, 2.45) is 16.7 Å². The molecule has 0 aromatic heterocycles. The van der Waals surface area contributed by atoms with Crippen LogP contribution in [-0.2, 0) is 19.1 Å². The Kier molecular flexibility index (Phi) is 10.4. The fourth-order valence-electron chi connectivity index (χ4n) is 2.71. The molecule has 0 amide bonds. The third kappa shape index (κ3) is 8.21. The van der Waals surface area contributed by atoms with Gasteiger partial charge in [-0.1, -0.05) is 48.0 Å². The number of carbonyl (C=O) groups excluding carboxylic acids is 2. The second-order valence-corrected chi connectivity index (χ2v) is 9.88. The fourth-order valence-corrected chi connectivity index (χ4v) is 2.71. The van der Waals surface area contributed by atoms with Gasteiger partial charge in [-0.2, -0.15) is 39.5 Å². The summed E-state index contributed by atoms with van der Waals surface area (Å²) < 4.78 is 124. The number of halogens is 9. The summed E-state index contributed by atoms with van der Waals surface area (Å²) in [5.41, 5.74) is -0.675. The number of ether oxygens (including phenoxy) is 2. The number of alkyl halides is 9. The lowest BCUT2D eigenvalue weighted by Crippen LogP contribution is -2.61. The van der Waals surface area contributed by atoms with Crippen LogP contribution < -0.4 is 0 Å². The zero-order valence-corrected chi connectivity index (χ0v) is 19.9. The van der Waals surface area contributed by atoms with Crippen molar-refractivity contribution in [2.45, 2.75) is 91.2 Å². The lowest BCUT2D eigenvalue weighted by atomic mass is 9.70. The lowest BCUT2D eigenvalue weighted by Gasteiger charge is -2.35. The normalized spacial score (nSPS) is 15.1. The maximum atomic E-state index is 13.4. The number of carbonyl (C=O) groups is 2. The Morgan fingerprint density at radius 3 is 1.68 bits per heavy atom. The molecule has 0 aliphatic rings. The molecule has 0 bridgehead atoms. The summed E-state index contributed by atoms with van der Waals surface area (Å²) in [5.74, 6) is -22.1. The number of hydrogen-bond acceptors (Lipinski definition) is 4. The van der Waals surface area contributed by atoms with Crippen molar-refractivity contribution in [2.75, 3.05) is 13.2 Å². The Labute approximate surface area is 192 Å². The zero-order chi connectivity index (χ0) is 27.4. The van der Waals surface area contributed by atoms with Crippen LogP contribution in [0.2, 0.25) is 0 Å². The molecular weight excluding hydrogens is 487 g/mol. The summed E-state index contributed by atoms with van der Waals surface area (Å²) in [7, 11) is 0. The largest absolute Gasteiger partial charge is 0.465 e. The minimum absolute atomic E-state index is 0.188. The highest BCUT2D eigenvalue weighted by molar-refractivity contribution is 5.74. The van der Waals surface area contributed by atoms with E-state index in [2.05, 4.69) is 4.74 Å². The van der Waals surface area contributed by atoms with Gasteiger partial charge < -0.3 is 9.47 Å². The quantitative estimate of drug-likeness (QED) is 0.210. The van der Waals surface area contributed by atoms with E-state index in [9.17, 15) is 49.1 Å². The first-order valence-corrected chi connectivity index (χ1v) is 10.5. The highest BCUT2D eigenvalue weighted by atomic mass is 19.4. The first-order valence-electron chi connectivity index (χ1n) is 10.5. The number of hydrogen-bond donors (Lipinski definition) is 0. The zero-order valence-electron chi connectivity index (χ0n) is 19.9. The van der Waals surface area contributed by atoms with Crippen LogP contribution in [0.1, 0.15) is 67.2 Å². The second kappa shape index (κ2) is 10.9. The van der Waals surface area contributed by atoms with Gasteiger partial charge in [0.1, 0.15) is 6.61 Å². The summed E-state index contributed by atoms with van der Waals surface area (Å²) in [6.45, 7) is 9.23. The lowest BCUT2D eigenvalue weighted by molar-refractivity contribution is -0.397. The van der Waals surface area contributed by atoms with Gasteiger partial charge in [0.2, 0.25) is 0 Å². The van der Waals surface area contributed by atoms with E-state index in [0.717, 1.165) is 6.42 Å². The highest BCUT2D eigenvalue weighted by Gasteiger charge is 2.81. The molecule has 202 valence electrons. The molecule has 1 unspecified atom stereocenters. The highest BCUT2D eigenvalue weighted by Crippen LogP contribution is 2.54. The average molecular weight is 518 g/mol. The summed E-state index contributed by atoms with van der Waals surface area (Å²) >= 11 is 0. The molecule has 13 heteroatoms. The second-order valence-electron chi connectivity index (χ2n) is 9.88. The van der Waals surface area contributed by atoms with Crippen LogP contribution in [0.25, 0.3) is 0 Å². The van der Waals surface area contributed by atoms with Crippen LogP contribution in [0.5, 0.6) is 0 Å². The molecule has 0 saturated carbocycles. The van der Waals surface area contributed by atoms with Crippen molar-refractivity contribution in [1.29, 1.82) is 0 Å². The van der Waals surface area contributed by atoms with E-state index in [0.29, 0.717) is 6.42 Å². The Morgan fingerprint density at radius 1 is 0.765 bits per heavy atom. The maximum Gasteiger partial charge on any atom is 0.460 e. The van der Waals surface area contributed by atoms with Crippen LogP contribution in [-0.4, -0.2) is 49.1 Å². The smallest absolute Gasteiger partial charge is 0.460 e. The predicted molar refractivity (Wildman–Crippen MR) is 104 cm³/mol. The van der Waals surface area contributed by atoms with Crippen molar-refractivity contribution >= 4 is 11.9 Å². The standard InChI is InChI=1S/C21H31F9O4/c1-7-17(5,6)12-13(16(2,3)4)15(32)34-10-8-14(31)33-11-9-18(22,23)19(24,25)20(26,27)21(28,29)30/h13H,7-12H2,1-6H3. The third-order valence-corrected chi connectivity index (χ3v) is 5.48. The molecule has 0 N–H and O–H groups in total. The van der Waals surface area contributed by atoms with Gasteiger partial charge in [0.05, 0.1) is 25.4 Å². The molecule has 0 radical (unpaired) electrons. The summed E-state index contributed by atoms with van der Waals surface area (Å²) in [6.07, 6.45) is -8.62. The molecule has 0 aliphatic carbocycles. The van der Waals surface area contributed by atoms with E-state index in [1.165, 1.54) is 0 Å². The molecule has 0 aromatic rings. The monoisotopic (exact) mass is 518 g/mol. The van der Waals surface area contributed by atoms with Gasteiger partial charge in [-0.25, -0.2) is 0 Å². The Bertz CT molecular complexity index is 695. The van der Waals surface area contributed by atoms with Crippen LogP contribution in [0.3, 0.4) is 0 Å². The molecule has 34 heavy (non-hydrogen) atoms. The Morgan fingerprint density at radius 2 is 1.26 bits per heavy atom. The molecule has 0 aromatic carbocycles. The van der Waals surface area contributed by atoms with Gasteiger partial charge in [-0.05, 0) is 17.3 Å². The van der Waals surface area contributed by atoms with Gasteiger partial charge >= 0.3 is 35.9 Å². The van der Waals surface area contributed by atoms with Gasteiger partial charge in [0, 0.05) is 0 Å². The fraction of sp³-hybridized carbons (Fsp3) is 0.905. The van der Waals surface area contributed by atoms with Crippen molar-refractivity contribution in [1.82, 2.24) is 0 Å². The van der Waals surface area contributed by atoms with E-state index < -0.39 is 73.3 Å². The van der Waals surface area contributed by atoms with E-state index in [1.807, 2.05) is 41.5 Å². The summed E-state index contributed by atoms with van der Waals surface area (Å²) in [5, 5.41) is 0. The molecule has 0 heterocycles. The van der Waals surface area contributed by atoms with Gasteiger partial charge in [-0.15, -0.1) is 0 Å². The predicted octanol–water partition coefficient (Wildman–Crippen LogP) is 6.81. The molecular formula is C21H31F9O4. The first-order chi connectivity index (χ1) is 14.9. The summed E-state index contributed by atoms with van der Waals surface area (Å²) in [6, 6.07) is 0. The van der Waals surface area contributed by atoms with Gasteiger partial charge in [0.15, 0.2) is 0 Å². The Balaban J connectivity index is 4.83. The van der Waals surface area contributed by atoms with E-state index in [1.54, 1.807) is 0 Å². The maximum absolute atomic E-state index is 13.4. The minimum atomic E-state index is -7.00. The van der Waals surface area contributed by atoms with E-state index in [-0.39, 0.29) is 5.41 Å². The Hall–Kier alpha value is -1.69. The van der Waals surface area contributed by atoms with Crippen molar-refractivity contribution in [3.8, 4) is 0 Å². The van der Waals surface area contributed by atoms with Crippen molar-refractivity contribution < 1.29 is 58.6 Å². The van der Waals surface area contributed by atoms with E-state index >= 15 is 0 Å². The molecule has 4 nitrogen and oxygen atoms in total. The van der Waals surface area contributed by atoms with Gasteiger partial charge in [-0.3, -0.25) is 9.59 Å². The van der Waals surface area contributed by atoms with Crippen LogP contribution in [0, 0.1) is 16.7 Å². The average Bonchev–Trinajstić information content (AvgIpc) is 2.63. The van der Waals surface area contributed by atoms with Gasteiger partial charge in [0.25, 0.3) is 0 Å². The number of esters is 2. The van der Waals surface area contributed by atoms with Crippen molar-refractivity contribution in [3.05, 3.63) is 0 Å². The molecule has 0 aliphatic heterocycles. The molecule has 1 atom stereocenters. The molecule has 0 saturated heterocycles. The third-order valence-electron chi connectivity index (χ3n) is 5.48. The molecule has 0 spiro atoms. The molecule has 0 fully saturated rings.